The first-order chi connectivity index (χ1) is 15.8. The number of pyridine rings is 1. The number of nitrogens with zero attached hydrogens (tertiary/aromatic N) is 4. The SMILES string of the molecule is CCn1cc(Cc2cccn(-c3cc(N4CCOC(C)(C)C4)cc(C4CC4)c3F)c2=O)cn1. The zero-order valence-electron chi connectivity index (χ0n) is 19.6. The highest BCUT2D eigenvalue weighted by molar-refractivity contribution is 5.58. The molecule has 1 saturated heterocycles. The summed E-state index contributed by atoms with van der Waals surface area (Å²) in [6.07, 6.45) is 7.85. The molecule has 0 spiro atoms. The van der Waals surface area contributed by atoms with Gasteiger partial charge in [0, 0.05) is 49.7 Å². The van der Waals surface area contributed by atoms with E-state index in [1.165, 1.54) is 4.57 Å². The van der Waals surface area contributed by atoms with Crippen LogP contribution in [0.25, 0.3) is 5.69 Å². The summed E-state index contributed by atoms with van der Waals surface area (Å²) in [4.78, 5) is 15.7. The Bertz CT molecular complexity index is 1230. The number of hydrogen-bond acceptors (Lipinski definition) is 4. The fraction of sp³-hybridized carbons (Fsp3) is 0.462. The molecule has 0 bridgehead atoms. The van der Waals surface area contributed by atoms with Crippen molar-refractivity contribution in [1.82, 2.24) is 14.3 Å². The Morgan fingerprint density at radius 1 is 1.27 bits per heavy atom. The van der Waals surface area contributed by atoms with Gasteiger partial charge in [0.15, 0.2) is 5.82 Å². The van der Waals surface area contributed by atoms with Crippen LogP contribution in [-0.2, 0) is 17.7 Å². The Balaban J connectivity index is 1.56. The summed E-state index contributed by atoms with van der Waals surface area (Å²) in [6.45, 7) is 9.03. The number of anilines is 1. The maximum atomic E-state index is 15.7. The normalized spacial score (nSPS) is 18.0. The van der Waals surface area contributed by atoms with Gasteiger partial charge in [0.05, 0.1) is 24.1 Å². The summed E-state index contributed by atoms with van der Waals surface area (Å²) < 4.78 is 24.9. The molecule has 1 saturated carbocycles. The Morgan fingerprint density at radius 2 is 2.09 bits per heavy atom. The molecule has 3 aromatic rings. The van der Waals surface area contributed by atoms with Gasteiger partial charge in [-0.3, -0.25) is 14.0 Å². The van der Waals surface area contributed by atoms with Crippen molar-refractivity contribution >= 4 is 5.69 Å². The molecule has 6 nitrogen and oxygen atoms in total. The van der Waals surface area contributed by atoms with E-state index in [0.717, 1.165) is 43.7 Å². The molecule has 0 unspecified atom stereocenters. The van der Waals surface area contributed by atoms with Crippen LogP contribution < -0.4 is 10.5 Å². The van der Waals surface area contributed by atoms with E-state index in [2.05, 4.69) is 23.8 Å². The largest absolute Gasteiger partial charge is 0.372 e. The molecular weight excluding hydrogens is 419 g/mol. The lowest BCUT2D eigenvalue weighted by Gasteiger charge is -2.39. The summed E-state index contributed by atoms with van der Waals surface area (Å²) in [5.41, 5.74) is 3.12. The molecule has 7 heteroatoms. The van der Waals surface area contributed by atoms with Crippen LogP contribution in [0.5, 0.6) is 0 Å². The maximum Gasteiger partial charge on any atom is 0.258 e. The highest BCUT2D eigenvalue weighted by atomic mass is 19.1. The van der Waals surface area contributed by atoms with E-state index in [1.807, 2.05) is 42.1 Å². The Morgan fingerprint density at radius 3 is 2.79 bits per heavy atom. The maximum absolute atomic E-state index is 15.7. The summed E-state index contributed by atoms with van der Waals surface area (Å²) in [6, 6.07) is 7.44. The lowest BCUT2D eigenvalue weighted by molar-refractivity contribution is -0.0276. The van der Waals surface area contributed by atoms with E-state index < -0.39 is 0 Å². The van der Waals surface area contributed by atoms with E-state index in [-0.39, 0.29) is 22.9 Å². The topological polar surface area (TPSA) is 52.3 Å². The van der Waals surface area contributed by atoms with Gasteiger partial charge in [-0.2, -0.15) is 5.10 Å². The number of halogens is 1. The Labute approximate surface area is 193 Å². The minimum Gasteiger partial charge on any atom is -0.372 e. The monoisotopic (exact) mass is 450 g/mol. The van der Waals surface area contributed by atoms with Gasteiger partial charge in [-0.1, -0.05) is 6.07 Å². The number of aromatic nitrogens is 3. The molecule has 2 aliphatic rings. The van der Waals surface area contributed by atoms with Crippen LogP contribution in [0.2, 0.25) is 0 Å². The zero-order chi connectivity index (χ0) is 23.2. The second-order valence-electron chi connectivity index (χ2n) is 9.76. The molecule has 0 amide bonds. The van der Waals surface area contributed by atoms with Gasteiger partial charge in [-0.25, -0.2) is 4.39 Å². The van der Waals surface area contributed by atoms with Crippen molar-refractivity contribution in [2.45, 2.75) is 58.1 Å². The number of ether oxygens (including phenoxy) is 1. The van der Waals surface area contributed by atoms with Crippen molar-refractivity contribution < 1.29 is 9.13 Å². The quantitative estimate of drug-likeness (QED) is 0.563. The molecule has 2 aromatic heterocycles. The molecular formula is C26H31FN4O2. The average Bonchev–Trinajstić information content (AvgIpc) is 3.53. The van der Waals surface area contributed by atoms with Crippen LogP contribution in [0.4, 0.5) is 10.1 Å². The summed E-state index contributed by atoms with van der Waals surface area (Å²) in [5.74, 6) is -0.0525. The van der Waals surface area contributed by atoms with Gasteiger partial charge in [-0.15, -0.1) is 0 Å². The van der Waals surface area contributed by atoms with Gasteiger partial charge in [0.1, 0.15) is 0 Å². The van der Waals surface area contributed by atoms with Crippen LogP contribution >= 0.6 is 0 Å². The van der Waals surface area contributed by atoms with Crippen LogP contribution in [0.3, 0.4) is 0 Å². The van der Waals surface area contributed by atoms with Gasteiger partial charge in [0.25, 0.3) is 5.56 Å². The van der Waals surface area contributed by atoms with Gasteiger partial charge >= 0.3 is 0 Å². The molecule has 3 heterocycles. The first kappa shape index (κ1) is 21.9. The molecule has 1 aliphatic heterocycles. The predicted molar refractivity (Wildman–Crippen MR) is 127 cm³/mol. The zero-order valence-corrected chi connectivity index (χ0v) is 19.6. The number of rotatable bonds is 6. The van der Waals surface area contributed by atoms with Crippen LogP contribution in [0, 0.1) is 5.82 Å². The molecule has 5 rings (SSSR count). The highest BCUT2D eigenvalue weighted by Crippen LogP contribution is 2.44. The summed E-state index contributed by atoms with van der Waals surface area (Å²) >= 11 is 0. The summed E-state index contributed by atoms with van der Waals surface area (Å²) in [5, 5.41) is 4.30. The van der Waals surface area contributed by atoms with Crippen LogP contribution in [-0.4, -0.2) is 39.6 Å². The third-order valence-corrected chi connectivity index (χ3v) is 6.57. The molecule has 0 atom stereocenters. The average molecular weight is 451 g/mol. The fourth-order valence-corrected chi connectivity index (χ4v) is 4.66. The van der Waals surface area contributed by atoms with E-state index in [9.17, 15) is 4.79 Å². The van der Waals surface area contributed by atoms with Crippen molar-refractivity contribution in [3.63, 3.8) is 0 Å². The van der Waals surface area contributed by atoms with Crippen molar-refractivity contribution in [3.8, 4) is 5.69 Å². The number of benzene rings is 1. The first-order valence-corrected chi connectivity index (χ1v) is 11.8. The van der Waals surface area contributed by atoms with Crippen molar-refractivity contribution in [1.29, 1.82) is 0 Å². The second kappa shape index (κ2) is 8.45. The molecule has 1 aromatic carbocycles. The Kier molecular flexibility index (Phi) is 5.60. The smallest absolute Gasteiger partial charge is 0.258 e. The van der Waals surface area contributed by atoms with E-state index in [1.54, 1.807) is 12.4 Å². The molecule has 0 radical (unpaired) electrons. The van der Waals surface area contributed by atoms with E-state index in [0.29, 0.717) is 29.8 Å². The summed E-state index contributed by atoms with van der Waals surface area (Å²) in [7, 11) is 0. The third-order valence-electron chi connectivity index (χ3n) is 6.57. The lowest BCUT2D eigenvalue weighted by atomic mass is 10.0. The second-order valence-corrected chi connectivity index (χ2v) is 9.76. The molecule has 2 fully saturated rings. The fourth-order valence-electron chi connectivity index (χ4n) is 4.66. The first-order valence-electron chi connectivity index (χ1n) is 11.8. The Hall–Kier alpha value is -2.93. The molecule has 33 heavy (non-hydrogen) atoms. The minimum absolute atomic E-state index is 0.193. The number of aryl methyl sites for hydroxylation is 1. The number of morpholine rings is 1. The minimum atomic E-state index is -0.285. The van der Waals surface area contributed by atoms with Gasteiger partial charge < -0.3 is 9.64 Å². The third kappa shape index (κ3) is 4.47. The lowest BCUT2D eigenvalue weighted by Crippen LogP contribution is -2.48. The van der Waals surface area contributed by atoms with E-state index in [4.69, 9.17) is 4.74 Å². The molecule has 1 aliphatic carbocycles. The molecule has 174 valence electrons. The van der Waals surface area contributed by atoms with Crippen molar-refractivity contribution in [2.24, 2.45) is 0 Å². The van der Waals surface area contributed by atoms with Gasteiger partial charge in [0.2, 0.25) is 0 Å². The standard InChI is InChI=1S/C26H31FN4O2/c1-4-30-16-18(15-28-30)12-20-6-5-9-31(25(20)32)23-14-21(13-22(24(23)27)19-7-8-19)29-10-11-33-26(2,3)17-29/h5-6,9,13-16,19H,4,7-8,10-12,17H2,1-3H3. The van der Waals surface area contributed by atoms with Crippen molar-refractivity contribution in [2.75, 3.05) is 24.6 Å². The van der Waals surface area contributed by atoms with Crippen LogP contribution in [0.15, 0.2) is 47.7 Å². The molecule has 0 N–H and O–H groups in total. The number of hydrogen-bond donors (Lipinski definition) is 0. The van der Waals surface area contributed by atoms with Gasteiger partial charge in [-0.05, 0) is 68.9 Å². The van der Waals surface area contributed by atoms with Crippen LogP contribution in [0.1, 0.15) is 56.2 Å². The predicted octanol–water partition coefficient (Wildman–Crippen LogP) is 4.28. The highest BCUT2D eigenvalue weighted by Gasteiger charge is 2.32. The van der Waals surface area contributed by atoms with E-state index >= 15 is 4.39 Å². The van der Waals surface area contributed by atoms with Crippen molar-refractivity contribution in [3.05, 3.63) is 75.7 Å².